The van der Waals surface area contributed by atoms with E-state index in [2.05, 4.69) is 16.2 Å². The number of hydrogen-bond donors (Lipinski definition) is 6. The number of nitrogen functional groups attached to an aromatic ring is 1. The number of nitrogens with one attached hydrogen (secondary N) is 4. The normalized spacial score (nSPS) is 12.2. The molecule has 0 aliphatic rings. The van der Waals surface area contributed by atoms with Crippen molar-refractivity contribution in [1.82, 2.24) is 10.3 Å². The number of rotatable bonds is 14. The standard InChI is InChI=1S/C29H36N6O5/c1-5-39-25-16-20(12-15-24(25)40-18(2)17-35(3)4)26(32-21-13-10-19(11-14-21)27(30)31)28(36)34-33-23-9-7-6-8-22(23)29(37)38/h6-16,18,26,32-33H,5,17H2,1-4H3,(H3,30,31)(H,34,36)(H,37,38). The minimum absolute atomic E-state index is 0.0131. The zero-order valence-corrected chi connectivity index (χ0v) is 23.0. The lowest BCUT2D eigenvalue weighted by Gasteiger charge is -2.24. The number of hydrazine groups is 1. The van der Waals surface area contributed by atoms with E-state index in [1.807, 2.05) is 32.8 Å². The van der Waals surface area contributed by atoms with Crippen molar-refractivity contribution in [1.29, 1.82) is 5.41 Å². The molecule has 0 saturated heterocycles. The second-order valence-electron chi connectivity index (χ2n) is 9.36. The van der Waals surface area contributed by atoms with Crippen molar-refractivity contribution in [2.75, 3.05) is 38.0 Å². The number of anilines is 2. The van der Waals surface area contributed by atoms with Crippen molar-refractivity contribution >= 4 is 29.1 Å². The Morgan fingerprint density at radius 3 is 2.38 bits per heavy atom. The van der Waals surface area contributed by atoms with Crippen LogP contribution in [0, 0.1) is 5.41 Å². The molecule has 0 aliphatic heterocycles. The van der Waals surface area contributed by atoms with Crippen LogP contribution in [0.2, 0.25) is 0 Å². The first-order valence-corrected chi connectivity index (χ1v) is 12.8. The Hall–Kier alpha value is -4.77. The monoisotopic (exact) mass is 548 g/mol. The van der Waals surface area contributed by atoms with Gasteiger partial charge in [-0.05, 0) is 82.0 Å². The van der Waals surface area contributed by atoms with Gasteiger partial charge in [0, 0.05) is 17.8 Å². The Kier molecular flexibility index (Phi) is 10.3. The number of carbonyl (C=O) groups excluding carboxylic acids is 1. The van der Waals surface area contributed by atoms with Gasteiger partial charge in [0.2, 0.25) is 0 Å². The van der Waals surface area contributed by atoms with Crippen molar-refractivity contribution in [3.63, 3.8) is 0 Å². The molecule has 3 aromatic rings. The molecule has 2 atom stereocenters. The number of likely N-dealkylation sites (N-methyl/N-ethyl adjacent to an activating group) is 1. The highest BCUT2D eigenvalue weighted by atomic mass is 16.5. The van der Waals surface area contributed by atoms with Gasteiger partial charge in [-0.1, -0.05) is 18.2 Å². The summed E-state index contributed by atoms with van der Waals surface area (Å²) in [7, 11) is 3.93. The second kappa shape index (κ2) is 13.9. The molecule has 11 heteroatoms. The Labute approximate surface area is 233 Å². The number of benzene rings is 3. The fourth-order valence-corrected chi connectivity index (χ4v) is 4.03. The lowest BCUT2D eigenvalue weighted by molar-refractivity contribution is -0.121. The van der Waals surface area contributed by atoms with Gasteiger partial charge in [0.15, 0.2) is 11.5 Å². The first kappa shape index (κ1) is 29.8. The van der Waals surface area contributed by atoms with Crippen LogP contribution < -0.4 is 31.4 Å². The van der Waals surface area contributed by atoms with Gasteiger partial charge >= 0.3 is 5.97 Å². The van der Waals surface area contributed by atoms with Crippen LogP contribution in [0.5, 0.6) is 11.5 Å². The Bertz CT molecular complexity index is 1330. The van der Waals surface area contributed by atoms with E-state index in [0.717, 1.165) is 0 Å². The van der Waals surface area contributed by atoms with Crippen LogP contribution in [0.3, 0.4) is 0 Å². The molecule has 0 radical (unpaired) electrons. The maximum Gasteiger partial charge on any atom is 0.337 e. The van der Waals surface area contributed by atoms with E-state index in [0.29, 0.717) is 41.5 Å². The van der Waals surface area contributed by atoms with Crippen molar-refractivity contribution < 1.29 is 24.2 Å². The Morgan fingerprint density at radius 2 is 1.75 bits per heavy atom. The molecule has 2 unspecified atom stereocenters. The van der Waals surface area contributed by atoms with Crippen molar-refractivity contribution in [2.45, 2.75) is 26.0 Å². The Morgan fingerprint density at radius 1 is 1.05 bits per heavy atom. The number of nitrogens with zero attached hydrogens (tertiary/aromatic N) is 1. The molecule has 3 aromatic carbocycles. The molecule has 0 spiro atoms. The van der Waals surface area contributed by atoms with Gasteiger partial charge in [0.05, 0.1) is 17.9 Å². The first-order chi connectivity index (χ1) is 19.1. The van der Waals surface area contributed by atoms with E-state index in [4.69, 9.17) is 20.6 Å². The largest absolute Gasteiger partial charge is 0.490 e. The number of carboxylic acids is 1. The summed E-state index contributed by atoms with van der Waals surface area (Å²) in [4.78, 5) is 27.1. The minimum Gasteiger partial charge on any atom is -0.490 e. The number of amidine groups is 1. The lowest BCUT2D eigenvalue weighted by Crippen LogP contribution is -2.37. The van der Waals surface area contributed by atoms with Crippen LogP contribution >= 0.6 is 0 Å². The molecule has 0 aromatic heterocycles. The summed E-state index contributed by atoms with van der Waals surface area (Å²) in [5.74, 6) is -0.631. The van der Waals surface area contributed by atoms with Gasteiger partial charge in [0.25, 0.3) is 5.91 Å². The summed E-state index contributed by atoms with van der Waals surface area (Å²) < 4.78 is 12.0. The topological polar surface area (TPSA) is 162 Å². The number of carboxylic acid groups (broad SMARTS) is 1. The van der Waals surface area contributed by atoms with E-state index < -0.39 is 17.9 Å². The van der Waals surface area contributed by atoms with E-state index in [-0.39, 0.29) is 23.2 Å². The maximum atomic E-state index is 13.5. The van der Waals surface area contributed by atoms with Gasteiger partial charge in [-0.3, -0.25) is 21.1 Å². The highest BCUT2D eigenvalue weighted by Gasteiger charge is 2.24. The van der Waals surface area contributed by atoms with Crippen LogP contribution in [0.25, 0.3) is 0 Å². The predicted molar refractivity (Wildman–Crippen MR) is 155 cm³/mol. The van der Waals surface area contributed by atoms with Crippen molar-refractivity contribution in [2.24, 2.45) is 5.73 Å². The number of ether oxygens (including phenoxy) is 2. The van der Waals surface area contributed by atoms with E-state index in [9.17, 15) is 14.7 Å². The summed E-state index contributed by atoms with van der Waals surface area (Å²) in [6.45, 7) is 4.93. The van der Waals surface area contributed by atoms with Crippen LogP contribution in [-0.2, 0) is 4.79 Å². The summed E-state index contributed by atoms with van der Waals surface area (Å²) >= 11 is 0. The van der Waals surface area contributed by atoms with Crippen LogP contribution in [0.15, 0.2) is 66.7 Å². The molecule has 0 bridgehead atoms. The van der Waals surface area contributed by atoms with Gasteiger partial charge < -0.3 is 30.5 Å². The van der Waals surface area contributed by atoms with Gasteiger partial charge in [0.1, 0.15) is 18.0 Å². The molecular weight excluding hydrogens is 512 g/mol. The number of para-hydroxylation sites is 1. The van der Waals surface area contributed by atoms with Gasteiger partial charge in [-0.15, -0.1) is 0 Å². The zero-order valence-electron chi connectivity index (χ0n) is 23.0. The van der Waals surface area contributed by atoms with Gasteiger partial charge in [-0.2, -0.15) is 0 Å². The minimum atomic E-state index is -1.13. The van der Waals surface area contributed by atoms with E-state index >= 15 is 0 Å². The van der Waals surface area contributed by atoms with E-state index in [1.165, 1.54) is 6.07 Å². The van der Waals surface area contributed by atoms with Crippen molar-refractivity contribution in [3.8, 4) is 11.5 Å². The number of carbonyl (C=O) groups is 2. The third-order valence-electron chi connectivity index (χ3n) is 5.80. The number of hydrogen-bond acceptors (Lipinski definition) is 8. The molecule has 11 nitrogen and oxygen atoms in total. The number of nitrogens with two attached hydrogens (primary N) is 1. The third kappa shape index (κ3) is 8.11. The highest BCUT2D eigenvalue weighted by molar-refractivity contribution is 5.96. The quantitative estimate of drug-likeness (QED) is 0.100. The van der Waals surface area contributed by atoms with Crippen LogP contribution in [0.4, 0.5) is 11.4 Å². The molecule has 212 valence electrons. The average Bonchev–Trinajstić information content (AvgIpc) is 2.91. The molecule has 0 saturated carbocycles. The number of amides is 1. The fraction of sp³-hybridized carbons (Fsp3) is 0.276. The zero-order chi connectivity index (χ0) is 29.2. The summed E-state index contributed by atoms with van der Waals surface area (Å²) in [6.07, 6.45) is -0.101. The molecule has 40 heavy (non-hydrogen) atoms. The SMILES string of the molecule is CCOc1cc(C(Nc2ccc(C(=N)N)cc2)C(=O)NNc2ccccc2C(=O)O)ccc1OC(C)CN(C)C. The van der Waals surface area contributed by atoms with Crippen LogP contribution in [-0.4, -0.2) is 61.1 Å². The average molecular weight is 549 g/mol. The molecule has 7 N–H and O–H groups in total. The molecule has 3 rings (SSSR count). The van der Waals surface area contributed by atoms with Crippen molar-refractivity contribution in [3.05, 3.63) is 83.4 Å². The molecule has 0 aliphatic carbocycles. The van der Waals surface area contributed by atoms with Crippen LogP contribution in [0.1, 0.15) is 41.4 Å². The summed E-state index contributed by atoms with van der Waals surface area (Å²) in [6, 6.07) is 17.4. The first-order valence-electron chi connectivity index (χ1n) is 12.8. The third-order valence-corrected chi connectivity index (χ3v) is 5.80. The highest BCUT2D eigenvalue weighted by Crippen LogP contribution is 2.33. The summed E-state index contributed by atoms with van der Waals surface area (Å²) in [5.41, 5.74) is 12.9. The predicted octanol–water partition coefficient (Wildman–Crippen LogP) is 3.69. The molecule has 0 heterocycles. The summed E-state index contributed by atoms with van der Waals surface area (Å²) in [5, 5.41) is 20.3. The molecular formula is C29H36N6O5. The fourth-order valence-electron chi connectivity index (χ4n) is 4.03. The number of aromatic carboxylic acids is 1. The second-order valence-corrected chi connectivity index (χ2v) is 9.36. The molecule has 0 fully saturated rings. The lowest BCUT2D eigenvalue weighted by atomic mass is 10.0. The molecule has 1 amide bonds. The van der Waals surface area contributed by atoms with Gasteiger partial charge in [-0.25, -0.2) is 4.79 Å². The maximum absolute atomic E-state index is 13.5. The Balaban J connectivity index is 1.93. The smallest absolute Gasteiger partial charge is 0.337 e. The van der Waals surface area contributed by atoms with E-state index in [1.54, 1.807) is 60.7 Å².